The molecule has 3 rings (SSSR count). The molecule has 7 heteroatoms. The molecule has 0 aliphatic carbocycles. The number of aromatic nitrogens is 4. The number of hydrogen-bond donors (Lipinski definition) is 0. The summed E-state index contributed by atoms with van der Waals surface area (Å²) in [4.78, 5) is 20.4. The lowest BCUT2D eigenvalue weighted by molar-refractivity contribution is 0.0525. The van der Waals surface area contributed by atoms with E-state index < -0.39 is 5.97 Å². The van der Waals surface area contributed by atoms with E-state index in [0.29, 0.717) is 36.3 Å². The Kier molecular flexibility index (Phi) is 5.03. The van der Waals surface area contributed by atoms with Crippen LogP contribution >= 0.6 is 0 Å². The molecule has 128 valence electrons. The molecule has 0 saturated heterocycles. The van der Waals surface area contributed by atoms with Gasteiger partial charge >= 0.3 is 5.97 Å². The lowest BCUT2D eigenvalue weighted by atomic mass is 10.2. The Morgan fingerprint density at radius 2 is 2.00 bits per heavy atom. The van der Waals surface area contributed by atoms with Crippen LogP contribution in [0.5, 0.6) is 5.88 Å². The monoisotopic (exact) mass is 338 g/mol. The number of rotatable bonds is 6. The molecule has 2 heterocycles. The molecule has 0 aliphatic rings. The molecule has 2 aromatic heterocycles. The highest BCUT2D eigenvalue weighted by Crippen LogP contribution is 2.15. The average molecular weight is 338 g/mol. The van der Waals surface area contributed by atoms with E-state index in [1.807, 2.05) is 30.3 Å². The number of carbonyl (C=O) groups is 1. The Morgan fingerprint density at radius 1 is 1.20 bits per heavy atom. The second-order valence-electron chi connectivity index (χ2n) is 5.25. The molecule has 0 amide bonds. The molecular weight excluding hydrogens is 320 g/mol. The summed E-state index contributed by atoms with van der Waals surface area (Å²) in [6, 6.07) is 11.5. The van der Waals surface area contributed by atoms with Gasteiger partial charge in [-0.2, -0.15) is 10.1 Å². The molecule has 0 fully saturated rings. The molecule has 0 radical (unpaired) electrons. The van der Waals surface area contributed by atoms with Gasteiger partial charge in [0.15, 0.2) is 0 Å². The van der Waals surface area contributed by atoms with Crippen LogP contribution in [0.2, 0.25) is 0 Å². The fourth-order valence-corrected chi connectivity index (χ4v) is 2.27. The molecule has 0 aliphatic heterocycles. The molecule has 0 atom stereocenters. The maximum Gasteiger partial charge on any atom is 0.341 e. The summed E-state index contributed by atoms with van der Waals surface area (Å²) < 4.78 is 12.2. The number of ether oxygens (including phenoxy) is 2. The average Bonchev–Trinajstić information content (AvgIpc) is 3.03. The molecule has 25 heavy (non-hydrogen) atoms. The van der Waals surface area contributed by atoms with E-state index in [0.717, 1.165) is 5.56 Å². The lowest BCUT2D eigenvalue weighted by Crippen LogP contribution is -2.09. The first kappa shape index (κ1) is 16.6. The van der Waals surface area contributed by atoms with E-state index in [4.69, 9.17) is 9.47 Å². The van der Waals surface area contributed by atoms with Crippen LogP contribution in [0.1, 0.15) is 28.5 Å². The first-order valence-corrected chi connectivity index (χ1v) is 7.91. The van der Waals surface area contributed by atoms with Crippen molar-refractivity contribution >= 4 is 5.97 Å². The van der Waals surface area contributed by atoms with Crippen LogP contribution in [0.15, 0.2) is 48.8 Å². The number of nitrogens with zero attached hydrogens (tertiary/aromatic N) is 4. The van der Waals surface area contributed by atoms with Crippen LogP contribution in [-0.2, 0) is 11.3 Å². The summed E-state index contributed by atoms with van der Waals surface area (Å²) >= 11 is 0. The Balaban J connectivity index is 1.79. The van der Waals surface area contributed by atoms with E-state index in [2.05, 4.69) is 15.1 Å². The van der Waals surface area contributed by atoms with Gasteiger partial charge in [-0.3, -0.25) is 0 Å². The van der Waals surface area contributed by atoms with Gasteiger partial charge < -0.3 is 9.47 Å². The topological polar surface area (TPSA) is 79.1 Å². The first-order chi connectivity index (χ1) is 12.2. The van der Waals surface area contributed by atoms with Crippen LogP contribution < -0.4 is 4.74 Å². The summed E-state index contributed by atoms with van der Waals surface area (Å²) in [6.07, 6.45) is 3.04. The number of hydrogen-bond acceptors (Lipinski definition) is 6. The van der Waals surface area contributed by atoms with E-state index in [9.17, 15) is 4.79 Å². The Labute approximate surface area is 145 Å². The zero-order valence-corrected chi connectivity index (χ0v) is 14.0. The van der Waals surface area contributed by atoms with Crippen molar-refractivity contribution in [2.45, 2.75) is 20.5 Å². The van der Waals surface area contributed by atoms with Gasteiger partial charge in [-0.25, -0.2) is 14.5 Å². The minimum Gasteiger partial charge on any atom is -0.473 e. The molecule has 0 bridgehead atoms. The van der Waals surface area contributed by atoms with E-state index in [1.54, 1.807) is 26.1 Å². The van der Waals surface area contributed by atoms with Gasteiger partial charge in [0, 0.05) is 12.3 Å². The standard InChI is InChI=1S/C18H18N4O3/c1-3-24-17(23)15-11-20-22(13(15)2)18-19-10-9-16(21-18)25-12-14-7-5-4-6-8-14/h4-11H,3,12H2,1-2H3. The zero-order chi connectivity index (χ0) is 17.6. The maximum atomic E-state index is 11.9. The number of carbonyl (C=O) groups excluding carboxylic acids is 1. The van der Waals surface area contributed by atoms with E-state index in [1.165, 1.54) is 10.9 Å². The third-order valence-corrected chi connectivity index (χ3v) is 3.54. The summed E-state index contributed by atoms with van der Waals surface area (Å²) in [5, 5.41) is 4.18. The SMILES string of the molecule is CCOC(=O)c1cnn(-c2nccc(OCc3ccccc3)n2)c1C. The minimum atomic E-state index is -0.414. The van der Waals surface area contributed by atoms with Crippen LogP contribution in [0.3, 0.4) is 0 Å². The van der Waals surface area contributed by atoms with Gasteiger partial charge in [-0.05, 0) is 19.4 Å². The summed E-state index contributed by atoms with van der Waals surface area (Å²) in [5.41, 5.74) is 2.04. The van der Waals surface area contributed by atoms with Crippen molar-refractivity contribution < 1.29 is 14.3 Å². The highest BCUT2D eigenvalue weighted by atomic mass is 16.5. The Bertz CT molecular complexity index is 862. The molecule has 0 N–H and O–H groups in total. The van der Waals surface area contributed by atoms with Crippen molar-refractivity contribution in [2.24, 2.45) is 0 Å². The quantitative estimate of drug-likeness (QED) is 0.643. The van der Waals surface area contributed by atoms with Crippen LogP contribution in [-0.4, -0.2) is 32.3 Å². The van der Waals surface area contributed by atoms with Crippen LogP contribution in [0.4, 0.5) is 0 Å². The predicted octanol–water partition coefficient (Wildman–Crippen LogP) is 2.73. The normalized spacial score (nSPS) is 10.5. The second-order valence-corrected chi connectivity index (χ2v) is 5.25. The second kappa shape index (κ2) is 7.57. The fourth-order valence-electron chi connectivity index (χ4n) is 2.27. The van der Waals surface area contributed by atoms with Crippen molar-refractivity contribution in [2.75, 3.05) is 6.61 Å². The third-order valence-electron chi connectivity index (χ3n) is 3.54. The molecule has 0 spiro atoms. The van der Waals surface area contributed by atoms with Crippen molar-refractivity contribution in [3.63, 3.8) is 0 Å². The Morgan fingerprint density at radius 3 is 2.76 bits per heavy atom. The molecule has 7 nitrogen and oxygen atoms in total. The predicted molar refractivity (Wildman–Crippen MR) is 90.6 cm³/mol. The molecule has 0 unspecified atom stereocenters. The van der Waals surface area contributed by atoms with Crippen molar-refractivity contribution in [1.82, 2.24) is 19.7 Å². The van der Waals surface area contributed by atoms with Gasteiger partial charge in [-0.15, -0.1) is 0 Å². The van der Waals surface area contributed by atoms with Crippen molar-refractivity contribution in [3.8, 4) is 11.8 Å². The van der Waals surface area contributed by atoms with E-state index >= 15 is 0 Å². The van der Waals surface area contributed by atoms with Crippen LogP contribution in [0.25, 0.3) is 5.95 Å². The summed E-state index contributed by atoms with van der Waals surface area (Å²) in [6.45, 7) is 4.24. The summed E-state index contributed by atoms with van der Waals surface area (Å²) in [7, 11) is 0. The molecular formula is C18H18N4O3. The first-order valence-electron chi connectivity index (χ1n) is 7.91. The fraction of sp³-hybridized carbons (Fsp3) is 0.222. The maximum absolute atomic E-state index is 11.9. The minimum absolute atomic E-state index is 0.308. The smallest absolute Gasteiger partial charge is 0.341 e. The van der Waals surface area contributed by atoms with Gasteiger partial charge in [0.05, 0.1) is 18.5 Å². The van der Waals surface area contributed by atoms with Crippen LogP contribution in [0, 0.1) is 6.92 Å². The highest BCUT2D eigenvalue weighted by Gasteiger charge is 2.17. The number of benzene rings is 1. The van der Waals surface area contributed by atoms with Gasteiger partial charge in [0.2, 0.25) is 5.88 Å². The molecule has 3 aromatic rings. The van der Waals surface area contributed by atoms with Gasteiger partial charge in [0.25, 0.3) is 5.95 Å². The summed E-state index contributed by atoms with van der Waals surface area (Å²) in [5.74, 6) is 0.350. The Hall–Kier alpha value is -3.22. The van der Waals surface area contributed by atoms with E-state index in [-0.39, 0.29) is 0 Å². The third kappa shape index (κ3) is 3.82. The van der Waals surface area contributed by atoms with Gasteiger partial charge in [-0.1, -0.05) is 30.3 Å². The van der Waals surface area contributed by atoms with Crippen molar-refractivity contribution in [1.29, 1.82) is 0 Å². The van der Waals surface area contributed by atoms with Crippen molar-refractivity contribution in [3.05, 3.63) is 65.6 Å². The zero-order valence-electron chi connectivity index (χ0n) is 14.0. The molecule has 0 saturated carbocycles. The lowest BCUT2D eigenvalue weighted by Gasteiger charge is -2.07. The highest BCUT2D eigenvalue weighted by molar-refractivity contribution is 5.90. The molecule has 1 aromatic carbocycles. The largest absolute Gasteiger partial charge is 0.473 e. The van der Waals surface area contributed by atoms with Gasteiger partial charge in [0.1, 0.15) is 12.2 Å². The number of esters is 1.